The molecule has 0 radical (unpaired) electrons. The molecule has 0 unspecified atom stereocenters. The quantitative estimate of drug-likeness (QED) is 0.706. The average Bonchev–Trinajstić information content (AvgIpc) is 2.08. The van der Waals surface area contributed by atoms with Crippen LogP contribution in [0.2, 0.25) is 0 Å². The largest absolute Gasteiger partial charge is 0.478 e. The number of hydrogen-bond acceptors (Lipinski definition) is 3. The molecule has 0 saturated heterocycles. The van der Waals surface area contributed by atoms with Gasteiger partial charge >= 0.3 is 16.2 Å². The van der Waals surface area contributed by atoms with Gasteiger partial charge in [0, 0.05) is 13.2 Å². The van der Waals surface area contributed by atoms with Crippen molar-refractivity contribution in [3.63, 3.8) is 0 Å². The van der Waals surface area contributed by atoms with E-state index in [1.165, 1.54) is 7.05 Å². The van der Waals surface area contributed by atoms with E-state index >= 15 is 0 Å². The molecular weight excluding hydrogens is 208 g/mol. The minimum Gasteiger partial charge on any atom is -0.478 e. The molecule has 7 heteroatoms. The van der Waals surface area contributed by atoms with Gasteiger partial charge in [0.15, 0.2) is 0 Å². The molecule has 0 aromatic carbocycles. The van der Waals surface area contributed by atoms with Gasteiger partial charge in [-0.25, -0.2) is 4.79 Å². The van der Waals surface area contributed by atoms with Crippen LogP contribution in [0.4, 0.5) is 0 Å². The lowest BCUT2D eigenvalue weighted by Gasteiger charge is -2.18. The van der Waals surface area contributed by atoms with Crippen LogP contribution in [0, 0.1) is 0 Å². The summed E-state index contributed by atoms with van der Waals surface area (Å²) in [6, 6.07) is 0. The number of carboxylic acid groups (broad SMARTS) is 1. The van der Waals surface area contributed by atoms with Gasteiger partial charge in [0.05, 0.1) is 11.3 Å². The summed E-state index contributed by atoms with van der Waals surface area (Å²) < 4.78 is 26.6. The van der Waals surface area contributed by atoms with Crippen molar-refractivity contribution in [3.05, 3.63) is 11.8 Å². The first kappa shape index (κ1) is 10.7. The van der Waals surface area contributed by atoms with Gasteiger partial charge in [0.25, 0.3) is 0 Å². The first-order chi connectivity index (χ1) is 6.38. The number of carboxylic acids is 1. The van der Waals surface area contributed by atoms with E-state index in [0.29, 0.717) is 0 Å². The summed E-state index contributed by atoms with van der Waals surface area (Å²) in [6.07, 6.45) is 1.33. The van der Waals surface area contributed by atoms with Crippen molar-refractivity contribution in [2.45, 2.75) is 13.3 Å². The molecule has 1 aliphatic rings. The zero-order valence-electron chi connectivity index (χ0n) is 7.76. The lowest BCUT2D eigenvalue weighted by Crippen LogP contribution is -2.29. The van der Waals surface area contributed by atoms with Crippen LogP contribution in [-0.4, -0.2) is 36.6 Å². The van der Waals surface area contributed by atoms with Crippen molar-refractivity contribution in [1.82, 2.24) is 4.31 Å². The number of hydrogen-bond donors (Lipinski definition) is 1. The standard InChI is InChI=1S/C7H10N2O4S/c1-3-6-5(7(10)11)4-9(2)14(12,13)8-6/h4H,3H2,1-2H3,(H,10,11). The molecule has 1 rings (SSSR count). The highest BCUT2D eigenvalue weighted by atomic mass is 32.2. The first-order valence-corrected chi connectivity index (χ1v) is 5.30. The van der Waals surface area contributed by atoms with Crippen LogP contribution < -0.4 is 0 Å². The van der Waals surface area contributed by atoms with E-state index in [4.69, 9.17) is 5.11 Å². The highest BCUT2D eigenvalue weighted by Crippen LogP contribution is 2.16. The van der Waals surface area contributed by atoms with Gasteiger partial charge in [-0.05, 0) is 6.42 Å². The van der Waals surface area contributed by atoms with E-state index in [0.717, 1.165) is 10.5 Å². The molecule has 0 amide bonds. The summed E-state index contributed by atoms with van der Waals surface area (Å²) in [6.45, 7) is 1.65. The summed E-state index contributed by atoms with van der Waals surface area (Å²) in [5.74, 6) is -1.17. The fourth-order valence-corrected chi connectivity index (χ4v) is 1.88. The Labute approximate surface area is 81.7 Å². The fraction of sp³-hybridized carbons (Fsp3) is 0.429. The molecular formula is C7H10N2O4S. The second-order valence-electron chi connectivity index (χ2n) is 2.73. The van der Waals surface area contributed by atoms with Crippen molar-refractivity contribution >= 4 is 21.9 Å². The molecule has 0 spiro atoms. The molecule has 0 atom stereocenters. The molecule has 0 saturated carbocycles. The van der Waals surface area contributed by atoms with E-state index in [9.17, 15) is 13.2 Å². The molecule has 1 heterocycles. The predicted molar refractivity (Wildman–Crippen MR) is 50.1 cm³/mol. The minimum absolute atomic E-state index is 0.0789. The van der Waals surface area contributed by atoms with Gasteiger partial charge in [0.1, 0.15) is 0 Å². The number of aliphatic carboxylic acids is 1. The summed E-state index contributed by atoms with van der Waals surface area (Å²) in [5.41, 5.74) is 0.000394. The molecule has 1 N–H and O–H groups in total. The Morgan fingerprint density at radius 3 is 2.64 bits per heavy atom. The van der Waals surface area contributed by atoms with Gasteiger partial charge in [-0.2, -0.15) is 8.42 Å². The van der Waals surface area contributed by atoms with Crippen LogP contribution in [0.5, 0.6) is 0 Å². The third-order valence-corrected chi connectivity index (χ3v) is 3.06. The first-order valence-electron chi connectivity index (χ1n) is 3.90. The van der Waals surface area contributed by atoms with Gasteiger partial charge in [0.2, 0.25) is 0 Å². The zero-order chi connectivity index (χ0) is 10.9. The van der Waals surface area contributed by atoms with E-state index in [1.807, 2.05) is 0 Å². The van der Waals surface area contributed by atoms with Gasteiger partial charge in [-0.15, -0.1) is 4.40 Å². The molecule has 0 aromatic heterocycles. The average molecular weight is 218 g/mol. The summed E-state index contributed by atoms with van der Waals surface area (Å²) >= 11 is 0. The molecule has 0 fully saturated rings. The predicted octanol–water partition coefficient (Wildman–Crippen LogP) is -0.00390. The van der Waals surface area contributed by atoms with Crippen molar-refractivity contribution in [1.29, 1.82) is 0 Å². The van der Waals surface area contributed by atoms with Crippen LogP contribution in [-0.2, 0) is 15.0 Å². The number of rotatable bonds is 2. The minimum atomic E-state index is -3.71. The Hall–Kier alpha value is -1.37. The molecule has 1 aliphatic heterocycles. The van der Waals surface area contributed by atoms with Gasteiger partial charge in [-0.3, -0.25) is 4.31 Å². The molecule has 6 nitrogen and oxygen atoms in total. The monoisotopic (exact) mass is 218 g/mol. The van der Waals surface area contributed by atoms with Gasteiger partial charge < -0.3 is 5.11 Å². The molecule has 0 aromatic rings. The van der Waals surface area contributed by atoms with Crippen LogP contribution in [0.25, 0.3) is 0 Å². The summed E-state index contributed by atoms with van der Waals surface area (Å²) in [5, 5.41) is 8.76. The van der Waals surface area contributed by atoms with Crippen molar-refractivity contribution < 1.29 is 18.3 Å². The summed E-state index contributed by atoms with van der Waals surface area (Å²) in [4.78, 5) is 10.7. The van der Waals surface area contributed by atoms with Crippen molar-refractivity contribution in [3.8, 4) is 0 Å². The smallest absolute Gasteiger partial charge is 0.344 e. The Kier molecular flexibility index (Phi) is 2.61. The molecule has 0 aliphatic carbocycles. The maximum atomic E-state index is 11.2. The molecule has 14 heavy (non-hydrogen) atoms. The number of carbonyl (C=O) groups is 1. The molecule has 0 bridgehead atoms. The lowest BCUT2D eigenvalue weighted by atomic mass is 10.1. The SMILES string of the molecule is CCC1=NS(=O)(=O)N(C)C=C1C(=O)O. The third kappa shape index (κ3) is 1.77. The third-order valence-electron chi connectivity index (χ3n) is 1.78. The second-order valence-corrected chi connectivity index (χ2v) is 4.39. The Morgan fingerprint density at radius 1 is 1.64 bits per heavy atom. The van der Waals surface area contributed by atoms with Crippen LogP contribution in [0.3, 0.4) is 0 Å². The highest BCUT2D eigenvalue weighted by molar-refractivity contribution is 7.88. The number of nitrogens with zero attached hydrogens (tertiary/aromatic N) is 2. The topological polar surface area (TPSA) is 87.0 Å². The maximum Gasteiger partial charge on any atom is 0.344 e. The molecule has 78 valence electrons. The van der Waals surface area contributed by atoms with Crippen LogP contribution >= 0.6 is 0 Å². The maximum absolute atomic E-state index is 11.2. The van der Waals surface area contributed by atoms with E-state index in [2.05, 4.69) is 4.40 Å². The second kappa shape index (κ2) is 3.41. The van der Waals surface area contributed by atoms with Crippen LogP contribution in [0.15, 0.2) is 16.2 Å². The normalized spacial score (nSPS) is 20.0. The van der Waals surface area contributed by atoms with E-state index in [-0.39, 0.29) is 17.7 Å². The van der Waals surface area contributed by atoms with Crippen molar-refractivity contribution in [2.24, 2.45) is 4.40 Å². The fourth-order valence-electron chi connectivity index (χ4n) is 1.01. The lowest BCUT2D eigenvalue weighted by molar-refractivity contribution is -0.132. The van der Waals surface area contributed by atoms with Crippen molar-refractivity contribution in [2.75, 3.05) is 7.05 Å². The van der Waals surface area contributed by atoms with E-state index < -0.39 is 16.2 Å². The highest BCUT2D eigenvalue weighted by Gasteiger charge is 2.26. The van der Waals surface area contributed by atoms with E-state index in [1.54, 1.807) is 6.92 Å². The Balaban J connectivity index is 3.25. The Morgan fingerprint density at radius 2 is 2.21 bits per heavy atom. The summed E-state index contributed by atoms with van der Waals surface area (Å²) in [7, 11) is -2.46. The Bertz CT molecular complexity index is 421. The van der Waals surface area contributed by atoms with Crippen LogP contribution in [0.1, 0.15) is 13.3 Å². The van der Waals surface area contributed by atoms with Gasteiger partial charge in [-0.1, -0.05) is 6.92 Å². The zero-order valence-corrected chi connectivity index (χ0v) is 8.58.